The average Bonchev–Trinajstić information content (AvgIpc) is 3.07. The van der Waals surface area contributed by atoms with E-state index in [0.29, 0.717) is 25.4 Å². The number of carbonyl (C=O) groups excluding carboxylic acids is 3. The minimum Gasteiger partial charge on any atom is -0.494 e. The molecule has 0 aliphatic heterocycles. The number of amides is 3. The Hall–Kier alpha value is -5.21. The van der Waals surface area contributed by atoms with Crippen LogP contribution in [-0.2, 0) is 40.3 Å². The summed E-state index contributed by atoms with van der Waals surface area (Å²) < 4.78 is 5.55. The van der Waals surface area contributed by atoms with Crippen LogP contribution in [0.3, 0.4) is 0 Å². The maximum absolute atomic E-state index is 13.8. The fourth-order valence-electron chi connectivity index (χ4n) is 4.73. The van der Waals surface area contributed by atoms with Gasteiger partial charge in [0.15, 0.2) is 0 Å². The van der Waals surface area contributed by atoms with Crippen molar-refractivity contribution in [2.24, 2.45) is 5.73 Å². The zero-order chi connectivity index (χ0) is 31.9. The number of nitrogens with two attached hydrogens (primary N) is 1. The number of hydrogen-bond acceptors (Lipinski definition) is 5. The second kappa shape index (κ2) is 17.2. The summed E-state index contributed by atoms with van der Waals surface area (Å²) in [6.07, 6.45) is 3.59. The van der Waals surface area contributed by atoms with Gasteiger partial charge in [0.05, 0.1) is 6.61 Å². The normalized spacial score (nSPS) is 12.2. The van der Waals surface area contributed by atoms with Crippen LogP contribution in [0, 0.1) is 0 Å². The van der Waals surface area contributed by atoms with Crippen LogP contribution in [0.4, 0.5) is 0 Å². The first-order valence-electron chi connectivity index (χ1n) is 15.1. The third kappa shape index (κ3) is 10.8. The molecule has 4 aromatic carbocycles. The van der Waals surface area contributed by atoms with Gasteiger partial charge in [-0.2, -0.15) is 0 Å². The summed E-state index contributed by atoms with van der Waals surface area (Å²) >= 11 is 0. The van der Waals surface area contributed by atoms with E-state index in [1.54, 1.807) is 6.08 Å². The van der Waals surface area contributed by atoms with Crippen LogP contribution in [0.5, 0.6) is 5.75 Å². The van der Waals surface area contributed by atoms with Crippen LogP contribution in [0.25, 0.3) is 6.08 Å². The van der Waals surface area contributed by atoms with Crippen molar-refractivity contribution in [2.75, 3.05) is 6.61 Å². The summed E-state index contributed by atoms with van der Waals surface area (Å²) in [4.78, 5) is 40.3. The van der Waals surface area contributed by atoms with Gasteiger partial charge in [0.2, 0.25) is 17.7 Å². The minimum absolute atomic E-state index is 0.219. The molecule has 0 radical (unpaired) electrons. The second-order valence-corrected chi connectivity index (χ2v) is 10.6. The van der Waals surface area contributed by atoms with Gasteiger partial charge in [-0.05, 0) is 52.9 Å². The lowest BCUT2D eigenvalue weighted by Gasteiger charge is -2.23. The first-order valence-corrected chi connectivity index (χ1v) is 15.1. The van der Waals surface area contributed by atoms with Crippen LogP contribution in [0.15, 0.2) is 115 Å². The van der Waals surface area contributed by atoms with Crippen molar-refractivity contribution in [3.63, 3.8) is 0 Å². The number of nitrogens with one attached hydrogen (secondary N) is 3. The molecule has 4 aromatic rings. The highest BCUT2D eigenvalue weighted by atomic mass is 16.5. The molecule has 0 saturated carbocycles. The number of hydrogen-bond donors (Lipinski definition) is 4. The minimum atomic E-state index is -0.939. The molecule has 3 amide bonds. The summed E-state index contributed by atoms with van der Waals surface area (Å²) in [5.41, 5.74) is 10.2. The molecule has 0 spiro atoms. The summed E-state index contributed by atoms with van der Waals surface area (Å²) in [5, 5.41) is 8.71. The summed E-state index contributed by atoms with van der Waals surface area (Å²) in [7, 11) is 0. The van der Waals surface area contributed by atoms with Gasteiger partial charge in [-0.25, -0.2) is 0 Å². The van der Waals surface area contributed by atoms with Crippen LogP contribution in [0.1, 0.15) is 34.7 Å². The molecule has 45 heavy (non-hydrogen) atoms. The number of benzene rings is 4. The molecule has 4 rings (SSSR count). The molecular weight excluding hydrogens is 564 g/mol. The molecule has 2 atom stereocenters. The van der Waals surface area contributed by atoms with E-state index in [2.05, 4.69) is 16.0 Å². The maximum atomic E-state index is 13.8. The van der Waals surface area contributed by atoms with E-state index < -0.39 is 23.9 Å². The van der Waals surface area contributed by atoms with E-state index in [-0.39, 0.29) is 18.7 Å². The molecule has 232 valence electrons. The summed E-state index contributed by atoms with van der Waals surface area (Å²) in [6, 6.07) is 32.2. The van der Waals surface area contributed by atoms with E-state index in [0.717, 1.165) is 27.8 Å². The van der Waals surface area contributed by atoms with E-state index in [4.69, 9.17) is 10.5 Å². The van der Waals surface area contributed by atoms with Crippen molar-refractivity contribution in [2.45, 2.75) is 44.9 Å². The fourth-order valence-corrected chi connectivity index (χ4v) is 4.73. The molecule has 8 nitrogen and oxygen atoms in total. The van der Waals surface area contributed by atoms with Crippen molar-refractivity contribution < 1.29 is 19.1 Å². The lowest BCUT2D eigenvalue weighted by molar-refractivity contribution is -0.131. The molecular formula is C37H40N4O4. The topological polar surface area (TPSA) is 123 Å². The van der Waals surface area contributed by atoms with Gasteiger partial charge in [-0.1, -0.05) is 97.1 Å². The lowest BCUT2D eigenvalue weighted by Crippen LogP contribution is -2.54. The predicted molar refractivity (Wildman–Crippen MR) is 177 cm³/mol. The molecule has 0 unspecified atom stereocenters. The molecule has 0 heterocycles. The number of rotatable bonds is 15. The Morgan fingerprint density at radius 2 is 1.24 bits per heavy atom. The third-order valence-corrected chi connectivity index (χ3v) is 7.17. The Kier molecular flexibility index (Phi) is 12.5. The monoisotopic (exact) mass is 604 g/mol. The maximum Gasteiger partial charge on any atom is 0.244 e. The highest BCUT2D eigenvalue weighted by Gasteiger charge is 2.27. The molecule has 0 aromatic heterocycles. The SMILES string of the molecule is CCOc1ccc(C[C@@H](NC(=O)C=Cc2ccccc2)C(=O)N[C@@H](Cc2ccccc2)C(=O)NCc2ccc(CN)cc2)cc1. The molecule has 0 fully saturated rings. The van der Waals surface area contributed by atoms with Gasteiger partial charge in [-0.15, -0.1) is 0 Å². The van der Waals surface area contributed by atoms with E-state index >= 15 is 0 Å². The van der Waals surface area contributed by atoms with Crippen LogP contribution >= 0.6 is 0 Å². The van der Waals surface area contributed by atoms with E-state index in [1.807, 2.05) is 116 Å². The van der Waals surface area contributed by atoms with Gasteiger partial charge < -0.3 is 26.4 Å². The molecule has 5 N–H and O–H groups in total. The van der Waals surface area contributed by atoms with Crippen LogP contribution < -0.4 is 26.4 Å². The number of carbonyl (C=O) groups is 3. The zero-order valence-corrected chi connectivity index (χ0v) is 25.4. The smallest absolute Gasteiger partial charge is 0.244 e. The summed E-state index contributed by atoms with van der Waals surface area (Å²) in [5.74, 6) is -0.497. The third-order valence-electron chi connectivity index (χ3n) is 7.17. The molecule has 0 aliphatic rings. The molecule has 0 aliphatic carbocycles. The van der Waals surface area contributed by atoms with Gasteiger partial charge in [-0.3, -0.25) is 14.4 Å². The fraction of sp³-hybridized carbons (Fsp3) is 0.216. The molecule has 0 saturated heterocycles. The predicted octanol–water partition coefficient (Wildman–Crippen LogP) is 4.33. The Labute approximate surface area is 264 Å². The Morgan fingerprint density at radius 1 is 0.689 bits per heavy atom. The van der Waals surface area contributed by atoms with Crippen molar-refractivity contribution in [1.29, 1.82) is 0 Å². The second-order valence-electron chi connectivity index (χ2n) is 10.6. The van der Waals surface area contributed by atoms with Gasteiger partial charge in [0.1, 0.15) is 17.8 Å². The van der Waals surface area contributed by atoms with Gasteiger partial charge in [0.25, 0.3) is 0 Å². The van der Waals surface area contributed by atoms with Crippen molar-refractivity contribution in [3.8, 4) is 5.75 Å². The molecule has 0 bridgehead atoms. The van der Waals surface area contributed by atoms with Gasteiger partial charge in [0, 0.05) is 32.0 Å². The van der Waals surface area contributed by atoms with Crippen molar-refractivity contribution >= 4 is 23.8 Å². The Morgan fingerprint density at radius 3 is 1.87 bits per heavy atom. The van der Waals surface area contributed by atoms with Crippen LogP contribution in [-0.4, -0.2) is 36.4 Å². The highest BCUT2D eigenvalue weighted by Crippen LogP contribution is 2.14. The first kappa shape index (κ1) is 32.7. The number of ether oxygens (including phenoxy) is 1. The van der Waals surface area contributed by atoms with Crippen molar-refractivity contribution in [1.82, 2.24) is 16.0 Å². The largest absolute Gasteiger partial charge is 0.494 e. The average molecular weight is 605 g/mol. The quantitative estimate of drug-likeness (QED) is 0.151. The standard InChI is InChI=1S/C37H40N4O4/c1-2-45-32-20-17-29(18-21-32)24-34(40-35(42)22-19-27-9-5-3-6-10-27)37(44)41-33(23-28-11-7-4-8-12-28)36(43)39-26-31-15-13-30(25-38)14-16-31/h3-22,33-34H,2,23-26,38H2,1H3,(H,39,43)(H,40,42)(H,41,44)/t33-,34+/m0/s1. The first-order chi connectivity index (χ1) is 21.9. The summed E-state index contributed by atoms with van der Waals surface area (Å²) in [6.45, 7) is 3.18. The highest BCUT2D eigenvalue weighted by molar-refractivity contribution is 5.97. The van der Waals surface area contributed by atoms with E-state index in [9.17, 15) is 14.4 Å². The Balaban J connectivity index is 1.51. The van der Waals surface area contributed by atoms with Crippen molar-refractivity contribution in [3.05, 3.63) is 143 Å². The zero-order valence-electron chi connectivity index (χ0n) is 25.4. The van der Waals surface area contributed by atoms with Crippen LogP contribution in [0.2, 0.25) is 0 Å². The van der Waals surface area contributed by atoms with Gasteiger partial charge >= 0.3 is 0 Å². The van der Waals surface area contributed by atoms with E-state index in [1.165, 1.54) is 6.08 Å². The lowest BCUT2D eigenvalue weighted by atomic mass is 10.0. The Bertz CT molecular complexity index is 1540. The molecule has 8 heteroatoms.